The molecule has 0 aliphatic rings. The van der Waals surface area contributed by atoms with Crippen molar-refractivity contribution in [3.8, 4) is 0 Å². The highest BCUT2D eigenvalue weighted by molar-refractivity contribution is 6.05. The van der Waals surface area contributed by atoms with Gasteiger partial charge in [0.1, 0.15) is 0 Å². The smallest absolute Gasteiger partial charge is 0.330 e. The standard InChI is InChI=1S/C18H22N2O5/c1-23-7-8-25-11-16(18(22)24-2)20-17(21)14-9-12-5-3-4-6-13(12)10-15(14)19/h3-6,9-10,16H,7-8,11,19H2,1-2H3,(H,20,21)/t16-/m0/s1. The topological polar surface area (TPSA) is 99.9 Å². The molecule has 7 nitrogen and oxygen atoms in total. The molecule has 0 saturated carbocycles. The van der Waals surface area contributed by atoms with Crippen LogP contribution in [-0.2, 0) is 19.0 Å². The zero-order valence-corrected chi connectivity index (χ0v) is 14.3. The fraction of sp³-hybridized carbons (Fsp3) is 0.333. The van der Waals surface area contributed by atoms with Crippen molar-refractivity contribution in [3.05, 3.63) is 42.0 Å². The van der Waals surface area contributed by atoms with Crippen molar-refractivity contribution >= 4 is 28.3 Å². The first-order valence-electron chi connectivity index (χ1n) is 7.80. The van der Waals surface area contributed by atoms with Crippen LogP contribution < -0.4 is 11.1 Å². The number of esters is 1. The molecule has 134 valence electrons. The third-order valence-corrected chi connectivity index (χ3v) is 3.67. The van der Waals surface area contributed by atoms with Crippen LogP contribution in [-0.4, -0.2) is 52.0 Å². The van der Waals surface area contributed by atoms with E-state index in [-0.39, 0.29) is 6.61 Å². The summed E-state index contributed by atoms with van der Waals surface area (Å²) in [6.07, 6.45) is 0. The number of hydrogen-bond acceptors (Lipinski definition) is 6. The molecule has 2 rings (SSSR count). The number of benzene rings is 2. The number of hydrogen-bond donors (Lipinski definition) is 2. The van der Waals surface area contributed by atoms with Gasteiger partial charge in [0.15, 0.2) is 6.04 Å². The van der Waals surface area contributed by atoms with Gasteiger partial charge in [-0.3, -0.25) is 4.79 Å². The Hall–Kier alpha value is -2.64. The summed E-state index contributed by atoms with van der Waals surface area (Å²) in [6.45, 7) is 0.673. The Morgan fingerprint density at radius 1 is 1.12 bits per heavy atom. The summed E-state index contributed by atoms with van der Waals surface area (Å²) in [6, 6.07) is 10.1. The first-order chi connectivity index (χ1) is 12.1. The SMILES string of the molecule is COCCOC[C@H](NC(=O)c1cc2ccccc2cc1N)C(=O)OC. The first-order valence-corrected chi connectivity index (χ1v) is 7.80. The Balaban J connectivity index is 2.14. The average Bonchev–Trinajstić information content (AvgIpc) is 2.62. The van der Waals surface area contributed by atoms with Crippen LogP contribution in [0.5, 0.6) is 0 Å². The molecule has 3 N–H and O–H groups in total. The average molecular weight is 346 g/mol. The normalized spacial score (nSPS) is 11.9. The van der Waals surface area contributed by atoms with E-state index in [1.807, 2.05) is 24.3 Å². The molecule has 1 atom stereocenters. The summed E-state index contributed by atoms with van der Waals surface area (Å²) in [5.41, 5.74) is 6.62. The second-order valence-corrected chi connectivity index (χ2v) is 5.40. The molecule has 0 spiro atoms. The van der Waals surface area contributed by atoms with E-state index in [1.54, 1.807) is 19.2 Å². The van der Waals surface area contributed by atoms with Crippen LogP contribution in [0.3, 0.4) is 0 Å². The molecule has 0 aromatic heterocycles. The fourth-order valence-electron chi connectivity index (χ4n) is 2.34. The molecule has 1 amide bonds. The molecule has 0 saturated heterocycles. The Morgan fingerprint density at radius 3 is 2.44 bits per heavy atom. The van der Waals surface area contributed by atoms with Crippen molar-refractivity contribution in [3.63, 3.8) is 0 Å². The molecular formula is C18H22N2O5. The minimum Gasteiger partial charge on any atom is -0.467 e. The quantitative estimate of drug-likeness (QED) is 0.425. The summed E-state index contributed by atoms with van der Waals surface area (Å²) in [5.74, 6) is -1.06. The number of ether oxygens (including phenoxy) is 3. The molecule has 25 heavy (non-hydrogen) atoms. The van der Waals surface area contributed by atoms with Gasteiger partial charge in [-0.05, 0) is 22.9 Å². The van der Waals surface area contributed by atoms with Crippen molar-refractivity contribution in [1.82, 2.24) is 5.32 Å². The molecule has 0 radical (unpaired) electrons. The molecule has 0 unspecified atom stereocenters. The van der Waals surface area contributed by atoms with Crippen molar-refractivity contribution < 1.29 is 23.8 Å². The van der Waals surface area contributed by atoms with E-state index < -0.39 is 17.9 Å². The van der Waals surface area contributed by atoms with E-state index in [9.17, 15) is 9.59 Å². The van der Waals surface area contributed by atoms with Gasteiger partial charge in [0.25, 0.3) is 5.91 Å². The van der Waals surface area contributed by atoms with E-state index >= 15 is 0 Å². The Labute approximate surface area is 146 Å². The van der Waals surface area contributed by atoms with Gasteiger partial charge in [-0.25, -0.2) is 4.79 Å². The maximum Gasteiger partial charge on any atom is 0.330 e. The lowest BCUT2D eigenvalue weighted by Crippen LogP contribution is -2.45. The van der Waals surface area contributed by atoms with Gasteiger partial charge in [-0.1, -0.05) is 24.3 Å². The molecule has 7 heteroatoms. The minimum atomic E-state index is -0.930. The van der Waals surface area contributed by atoms with Crippen molar-refractivity contribution in [2.24, 2.45) is 0 Å². The molecular weight excluding hydrogens is 324 g/mol. The van der Waals surface area contributed by atoms with Gasteiger partial charge in [-0.2, -0.15) is 0 Å². The van der Waals surface area contributed by atoms with Crippen LogP contribution in [0.15, 0.2) is 36.4 Å². The van der Waals surface area contributed by atoms with Crippen molar-refractivity contribution in [2.45, 2.75) is 6.04 Å². The van der Waals surface area contributed by atoms with Crippen molar-refractivity contribution in [1.29, 1.82) is 0 Å². The lowest BCUT2D eigenvalue weighted by Gasteiger charge is -2.17. The monoisotopic (exact) mass is 346 g/mol. The zero-order chi connectivity index (χ0) is 18.2. The third kappa shape index (κ3) is 4.91. The highest BCUT2D eigenvalue weighted by Gasteiger charge is 2.23. The van der Waals surface area contributed by atoms with E-state index in [2.05, 4.69) is 5.32 Å². The number of amides is 1. The minimum absolute atomic E-state index is 0.0186. The van der Waals surface area contributed by atoms with Crippen LogP contribution in [0.2, 0.25) is 0 Å². The maximum atomic E-state index is 12.5. The van der Waals surface area contributed by atoms with Gasteiger partial charge >= 0.3 is 5.97 Å². The van der Waals surface area contributed by atoms with Gasteiger partial charge < -0.3 is 25.3 Å². The van der Waals surface area contributed by atoms with Gasteiger partial charge in [0.05, 0.1) is 32.5 Å². The summed E-state index contributed by atoms with van der Waals surface area (Å²) in [7, 11) is 2.80. The van der Waals surface area contributed by atoms with Gasteiger partial charge in [0, 0.05) is 12.8 Å². The molecule has 2 aromatic carbocycles. The molecule has 0 heterocycles. The molecule has 0 bridgehead atoms. The first kappa shape index (κ1) is 18.7. The Kier molecular flexibility index (Phi) is 6.73. The molecule has 0 fully saturated rings. The number of anilines is 1. The Morgan fingerprint density at radius 2 is 1.80 bits per heavy atom. The third-order valence-electron chi connectivity index (χ3n) is 3.67. The largest absolute Gasteiger partial charge is 0.467 e. The highest BCUT2D eigenvalue weighted by Crippen LogP contribution is 2.22. The molecule has 0 aliphatic carbocycles. The predicted octanol–water partition coefficient (Wildman–Crippen LogP) is 1.36. The van der Waals surface area contributed by atoms with Crippen LogP contribution in [0.1, 0.15) is 10.4 Å². The van der Waals surface area contributed by atoms with E-state index in [1.165, 1.54) is 7.11 Å². The second-order valence-electron chi connectivity index (χ2n) is 5.40. The summed E-state index contributed by atoms with van der Waals surface area (Å²) in [5, 5.41) is 4.42. The van der Waals surface area contributed by atoms with Gasteiger partial charge in [0.2, 0.25) is 0 Å². The number of fused-ring (bicyclic) bond motifs is 1. The number of carbonyl (C=O) groups excluding carboxylic acids is 2. The summed E-state index contributed by atoms with van der Waals surface area (Å²) < 4.78 is 14.9. The maximum absolute atomic E-state index is 12.5. The van der Waals surface area contributed by atoms with Gasteiger partial charge in [-0.15, -0.1) is 0 Å². The number of carbonyl (C=O) groups is 2. The number of nitrogens with two attached hydrogens (primary N) is 1. The highest BCUT2D eigenvalue weighted by atomic mass is 16.5. The zero-order valence-electron chi connectivity index (χ0n) is 14.3. The second kappa shape index (κ2) is 9.00. The Bertz CT molecular complexity index is 747. The lowest BCUT2D eigenvalue weighted by molar-refractivity contribution is -0.144. The van der Waals surface area contributed by atoms with E-state index in [0.717, 1.165) is 10.8 Å². The number of nitrogens with one attached hydrogen (secondary N) is 1. The number of rotatable bonds is 8. The van der Waals surface area contributed by atoms with E-state index in [0.29, 0.717) is 24.5 Å². The van der Waals surface area contributed by atoms with Crippen LogP contribution in [0.4, 0.5) is 5.69 Å². The number of nitrogen functional groups attached to an aromatic ring is 1. The van der Waals surface area contributed by atoms with Crippen LogP contribution >= 0.6 is 0 Å². The van der Waals surface area contributed by atoms with Crippen LogP contribution in [0, 0.1) is 0 Å². The fourth-order valence-corrected chi connectivity index (χ4v) is 2.34. The van der Waals surface area contributed by atoms with E-state index in [4.69, 9.17) is 19.9 Å². The van der Waals surface area contributed by atoms with Crippen molar-refractivity contribution in [2.75, 3.05) is 39.8 Å². The lowest BCUT2D eigenvalue weighted by atomic mass is 10.0. The predicted molar refractivity (Wildman–Crippen MR) is 94.3 cm³/mol. The molecule has 0 aliphatic heterocycles. The molecule has 2 aromatic rings. The van der Waals surface area contributed by atoms with Crippen LogP contribution in [0.25, 0.3) is 10.8 Å². The summed E-state index contributed by atoms with van der Waals surface area (Å²) >= 11 is 0. The number of methoxy groups -OCH3 is 2. The summed E-state index contributed by atoms with van der Waals surface area (Å²) in [4.78, 5) is 24.4.